The molecule has 7 nitrogen and oxygen atoms in total. The Labute approximate surface area is 264 Å². The number of nitrogens with two attached hydrogens (primary N) is 1. The van der Waals surface area contributed by atoms with E-state index in [0.29, 0.717) is 30.2 Å². The number of nitrogen functional groups attached to an aromatic ring is 1. The number of piperazine rings is 1. The second kappa shape index (κ2) is 13.6. The second-order valence-corrected chi connectivity index (χ2v) is 12.2. The quantitative estimate of drug-likeness (QED) is 0.153. The summed E-state index contributed by atoms with van der Waals surface area (Å²) in [7, 11) is 0. The molecule has 0 aromatic heterocycles. The van der Waals surface area contributed by atoms with E-state index in [9.17, 15) is 18.0 Å². The Morgan fingerprint density at radius 1 is 0.800 bits per heavy atom. The summed E-state index contributed by atoms with van der Waals surface area (Å²) in [6.45, 7) is 5.69. The number of carbonyl (C=O) groups excluding carboxylic acids is 1. The van der Waals surface area contributed by atoms with E-state index in [1.165, 1.54) is 17.8 Å². The highest BCUT2D eigenvalue weighted by Gasteiger charge is 2.33. The van der Waals surface area contributed by atoms with E-state index in [-0.39, 0.29) is 13.2 Å². The molecule has 0 unspecified atom stereocenters. The van der Waals surface area contributed by atoms with E-state index < -0.39 is 17.7 Å². The van der Waals surface area contributed by atoms with Crippen LogP contribution >= 0.6 is 11.8 Å². The molecule has 0 amide bonds. The lowest BCUT2D eigenvalue weighted by Gasteiger charge is -2.36. The first kappa shape index (κ1) is 31.1. The van der Waals surface area contributed by atoms with E-state index in [1.54, 1.807) is 6.07 Å². The number of carbonyl (C=O) groups is 1. The van der Waals surface area contributed by atoms with Crippen LogP contribution < -0.4 is 15.4 Å². The highest BCUT2D eigenvalue weighted by atomic mass is 32.2. The van der Waals surface area contributed by atoms with Gasteiger partial charge in [0.1, 0.15) is 12.4 Å². The van der Waals surface area contributed by atoms with Gasteiger partial charge in [0.15, 0.2) is 6.61 Å². The van der Waals surface area contributed by atoms with Crippen molar-refractivity contribution in [3.05, 3.63) is 84.4 Å². The number of hydrogen-bond donors (Lipinski definition) is 1. The van der Waals surface area contributed by atoms with Crippen LogP contribution in [0.5, 0.6) is 5.75 Å². The number of ether oxygens (including phenoxy) is 2. The predicted octanol–water partition coefficient (Wildman–Crippen LogP) is 6.67. The highest BCUT2D eigenvalue weighted by Crippen LogP contribution is 2.49. The summed E-state index contributed by atoms with van der Waals surface area (Å²) in [6, 6.07) is 23.0. The molecular weight excluding hydrogens is 601 g/mol. The molecule has 236 valence electrons. The van der Waals surface area contributed by atoms with E-state index in [0.717, 1.165) is 71.5 Å². The van der Waals surface area contributed by atoms with Gasteiger partial charge in [-0.1, -0.05) is 48.2 Å². The van der Waals surface area contributed by atoms with Crippen molar-refractivity contribution < 1.29 is 27.4 Å². The summed E-state index contributed by atoms with van der Waals surface area (Å²) in [5.41, 5.74) is 7.62. The van der Waals surface area contributed by atoms with E-state index in [2.05, 4.69) is 9.80 Å². The normalized spacial score (nSPS) is 15.5. The Morgan fingerprint density at radius 2 is 1.51 bits per heavy atom. The first-order valence-electron chi connectivity index (χ1n) is 15.0. The minimum atomic E-state index is -4.39. The maximum atomic E-state index is 13.5. The van der Waals surface area contributed by atoms with Gasteiger partial charge in [-0.2, -0.15) is 13.2 Å². The highest BCUT2D eigenvalue weighted by molar-refractivity contribution is 7.99. The summed E-state index contributed by atoms with van der Waals surface area (Å²) in [4.78, 5) is 20.9. The lowest BCUT2D eigenvalue weighted by molar-refractivity contribution is -0.146. The molecule has 1 saturated heterocycles. The van der Waals surface area contributed by atoms with Crippen molar-refractivity contribution >= 4 is 45.6 Å². The fraction of sp³-hybridized carbons (Fsp3) is 0.324. The average molecular weight is 637 g/mol. The van der Waals surface area contributed by atoms with Crippen LogP contribution in [0, 0.1) is 0 Å². The lowest BCUT2D eigenvalue weighted by Crippen LogP contribution is -2.47. The summed E-state index contributed by atoms with van der Waals surface area (Å²) < 4.78 is 51.7. The zero-order valence-electron chi connectivity index (χ0n) is 24.8. The minimum Gasteiger partial charge on any atom is -0.481 e. The topological polar surface area (TPSA) is 71.3 Å². The van der Waals surface area contributed by atoms with Crippen molar-refractivity contribution in [2.24, 2.45) is 0 Å². The smallest absolute Gasteiger partial charge is 0.416 e. The van der Waals surface area contributed by atoms with Crippen LogP contribution in [-0.2, 0) is 15.7 Å². The molecule has 0 radical (unpaired) electrons. The fourth-order valence-electron chi connectivity index (χ4n) is 5.83. The number of para-hydroxylation sites is 1. The zero-order valence-corrected chi connectivity index (χ0v) is 25.6. The molecule has 45 heavy (non-hydrogen) atoms. The number of esters is 1. The Kier molecular flexibility index (Phi) is 9.39. The first-order valence-corrected chi connectivity index (χ1v) is 15.8. The molecule has 6 rings (SSSR count). The number of nitrogens with zero attached hydrogens (tertiary/aromatic N) is 3. The maximum Gasteiger partial charge on any atom is 0.416 e. The molecule has 0 aliphatic carbocycles. The zero-order chi connectivity index (χ0) is 31.4. The largest absolute Gasteiger partial charge is 0.481 e. The van der Waals surface area contributed by atoms with Gasteiger partial charge >= 0.3 is 12.1 Å². The maximum absolute atomic E-state index is 13.5. The molecule has 11 heteroatoms. The van der Waals surface area contributed by atoms with Crippen LogP contribution in [0.3, 0.4) is 0 Å². The van der Waals surface area contributed by atoms with Crippen molar-refractivity contribution in [2.75, 3.05) is 69.7 Å². The molecule has 0 saturated carbocycles. The van der Waals surface area contributed by atoms with Gasteiger partial charge in [-0.15, -0.1) is 0 Å². The minimum absolute atomic E-state index is 0.177. The Hall–Kier alpha value is -3.93. The number of halogens is 3. The fourth-order valence-corrected chi connectivity index (χ4v) is 6.91. The molecule has 4 aromatic rings. The Bertz CT molecular complexity index is 1660. The van der Waals surface area contributed by atoms with Gasteiger partial charge in [-0.3, -0.25) is 4.90 Å². The molecule has 2 aliphatic heterocycles. The third-order valence-electron chi connectivity index (χ3n) is 8.21. The van der Waals surface area contributed by atoms with Crippen molar-refractivity contribution in [3.63, 3.8) is 0 Å². The second-order valence-electron chi connectivity index (χ2n) is 11.1. The number of fused-ring (bicyclic) bond motifs is 3. The molecule has 2 N–H and O–H groups in total. The molecular formula is C34H35F3N4O3S. The molecule has 0 atom stereocenters. The Morgan fingerprint density at radius 3 is 2.31 bits per heavy atom. The lowest BCUT2D eigenvalue weighted by atomic mass is 10.1. The number of alkyl halides is 3. The molecule has 0 spiro atoms. The van der Waals surface area contributed by atoms with Gasteiger partial charge in [0.2, 0.25) is 0 Å². The monoisotopic (exact) mass is 636 g/mol. The summed E-state index contributed by atoms with van der Waals surface area (Å²) in [6.07, 6.45) is -3.57. The third-order valence-corrected chi connectivity index (χ3v) is 9.34. The number of rotatable bonds is 10. The van der Waals surface area contributed by atoms with Crippen LogP contribution in [0.2, 0.25) is 0 Å². The number of anilines is 3. The van der Waals surface area contributed by atoms with Crippen molar-refractivity contribution in [1.82, 2.24) is 9.80 Å². The molecule has 2 heterocycles. The van der Waals surface area contributed by atoms with Crippen LogP contribution in [0.15, 0.2) is 88.7 Å². The first-order chi connectivity index (χ1) is 21.8. The molecule has 2 aliphatic rings. The van der Waals surface area contributed by atoms with E-state index in [1.807, 2.05) is 65.6 Å². The summed E-state index contributed by atoms with van der Waals surface area (Å²) in [5, 5.41) is 1.73. The van der Waals surface area contributed by atoms with Crippen LogP contribution in [-0.4, -0.2) is 74.8 Å². The van der Waals surface area contributed by atoms with Gasteiger partial charge < -0.3 is 25.0 Å². The van der Waals surface area contributed by atoms with E-state index in [4.69, 9.17) is 15.2 Å². The SMILES string of the molecule is Nc1cccc2c(OCC(=O)OCCN3CCN(CCCN4c5ccccc5Sc5ccc(C(F)(F)F)cc54)CC3)cccc12. The van der Waals surface area contributed by atoms with Crippen molar-refractivity contribution in [2.45, 2.75) is 22.4 Å². The predicted molar refractivity (Wildman–Crippen MR) is 171 cm³/mol. The number of benzene rings is 4. The third kappa shape index (κ3) is 7.32. The van der Waals surface area contributed by atoms with Gasteiger partial charge in [0.05, 0.1) is 16.9 Å². The van der Waals surface area contributed by atoms with Crippen LogP contribution in [0.4, 0.5) is 30.2 Å². The summed E-state index contributed by atoms with van der Waals surface area (Å²) in [5.74, 6) is 0.169. The number of hydrogen-bond acceptors (Lipinski definition) is 8. The van der Waals surface area contributed by atoms with Crippen molar-refractivity contribution in [1.29, 1.82) is 0 Å². The molecule has 1 fully saturated rings. The van der Waals surface area contributed by atoms with Crippen LogP contribution in [0.25, 0.3) is 10.8 Å². The van der Waals surface area contributed by atoms with E-state index >= 15 is 0 Å². The molecule has 4 aromatic carbocycles. The van der Waals surface area contributed by atoms with Gasteiger partial charge in [-0.05, 0) is 55.4 Å². The van der Waals surface area contributed by atoms with Crippen LogP contribution in [0.1, 0.15) is 12.0 Å². The summed E-state index contributed by atoms with van der Waals surface area (Å²) >= 11 is 1.51. The standard InChI is InChI=1S/C34H35F3N4O3S/c35-34(36,37)24-12-13-32-29(22-24)41(28-9-1-2-11-31(28)45-32)15-5-14-39-16-18-40(19-17-39)20-21-43-33(42)23-44-30-10-4-6-25-26(30)7-3-8-27(25)38/h1-4,6-13,22H,5,14-21,23,38H2. The van der Waals surface area contributed by atoms with Crippen molar-refractivity contribution in [3.8, 4) is 5.75 Å². The average Bonchev–Trinajstić information content (AvgIpc) is 3.04. The van der Waals surface area contributed by atoms with Gasteiger partial charge in [-0.25, -0.2) is 4.79 Å². The molecule has 0 bridgehead atoms. The Balaban J connectivity index is 0.937. The van der Waals surface area contributed by atoms with Gasteiger partial charge in [0, 0.05) is 65.5 Å². The van der Waals surface area contributed by atoms with Gasteiger partial charge in [0.25, 0.3) is 0 Å².